The Hall–Kier alpha value is -1.51. The summed E-state index contributed by atoms with van der Waals surface area (Å²) in [6, 6.07) is 7.13. The monoisotopic (exact) mass is 474 g/mol. The molecule has 146 valence electrons. The Morgan fingerprint density at radius 3 is 2.42 bits per heavy atom. The molecule has 1 heterocycles. The van der Waals surface area contributed by atoms with Gasteiger partial charge in [-0.25, -0.2) is 0 Å². The van der Waals surface area contributed by atoms with Crippen LogP contribution in [0.3, 0.4) is 0 Å². The molecule has 1 saturated heterocycles. The first-order valence-corrected chi connectivity index (χ1v) is 8.63. The lowest BCUT2D eigenvalue weighted by Gasteiger charge is -2.62. The van der Waals surface area contributed by atoms with Crippen molar-refractivity contribution in [2.75, 3.05) is 33.8 Å². The molecule has 1 amide bonds. The first-order valence-electron chi connectivity index (χ1n) is 8.63. The minimum atomic E-state index is -0.110. The third-order valence-corrected chi connectivity index (χ3v) is 5.38. The molecule has 0 bridgehead atoms. The van der Waals surface area contributed by atoms with Crippen LogP contribution in [0.5, 0.6) is 5.75 Å². The largest absolute Gasteiger partial charge is 0.497 e. The lowest BCUT2D eigenvalue weighted by molar-refractivity contribution is -0.0666. The summed E-state index contributed by atoms with van der Waals surface area (Å²) in [5, 5.41) is 6.24. The molecule has 6 nitrogen and oxygen atoms in total. The van der Waals surface area contributed by atoms with Crippen molar-refractivity contribution in [3.63, 3.8) is 0 Å². The number of guanidine groups is 1. The fraction of sp³-hybridized carbons (Fsp3) is 0.579. The molecule has 0 aliphatic carbocycles. The van der Waals surface area contributed by atoms with Gasteiger partial charge in [0.15, 0.2) is 5.96 Å². The number of ether oxygens (including phenoxy) is 1. The normalized spacial score (nSPS) is 17.6. The number of carbonyl (C=O) groups excluding carboxylic acids is 1. The first kappa shape index (κ1) is 22.5. The maximum absolute atomic E-state index is 12.2. The average molecular weight is 474 g/mol. The summed E-state index contributed by atoms with van der Waals surface area (Å²) in [5.41, 5.74) is 0.901. The Bertz CT molecular complexity index is 659. The number of hydrogen-bond donors (Lipinski definition) is 2. The molecular weight excluding hydrogens is 443 g/mol. The predicted molar refractivity (Wildman–Crippen MR) is 117 cm³/mol. The lowest BCUT2D eigenvalue weighted by atomic mass is 9.65. The zero-order valence-corrected chi connectivity index (χ0v) is 18.9. The topological polar surface area (TPSA) is 66.0 Å². The number of nitrogens with zero attached hydrogens (tertiary/aromatic N) is 2. The summed E-state index contributed by atoms with van der Waals surface area (Å²) < 4.78 is 5.14. The highest BCUT2D eigenvalue weighted by molar-refractivity contribution is 14.0. The van der Waals surface area contributed by atoms with Crippen LogP contribution < -0.4 is 15.4 Å². The zero-order chi connectivity index (χ0) is 18.7. The van der Waals surface area contributed by atoms with Gasteiger partial charge < -0.3 is 20.3 Å². The zero-order valence-electron chi connectivity index (χ0n) is 16.5. The van der Waals surface area contributed by atoms with E-state index in [2.05, 4.69) is 48.2 Å². The number of hydrogen-bond acceptors (Lipinski definition) is 3. The highest BCUT2D eigenvalue weighted by Crippen LogP contribution is 2.46. The van der Waals surface area contributed by atoms with E-state index >= 15 is 0 Å². The Labute approximate surface area is 173 Å². The Morgan fingerprint density at radius 2 is 1.88 bits per heavy atom. The molecule has 1 aromatic carbocycles. The van der Waals surface area contributed by atoms with Crippen molar-refractivity contribution in [1.82, 2.24) is 15.5 Å². The molecule has 26 heavy (non-hydrogen) atoms. The molecule has 2 rings (SSSR count). The van der Waals surface area contributed by atoms with Crippen LogP contribution in [0.2, 0.25) is 0 Å². The summed E-state index contributed by atoms with van der Waals surface area (Å²) in [6.45, 7) is 11.1. The molecule has 1 aliphatic heterocycles. The van der Waals surface area contributed by atoms with Crippen molar-refractivity contribution in [3.05, 3.63) is 29.8 Å². The van der Waals surface area contributed by atoms with Crippen LogP contribution in [0.4, 0.5) is 0 Å². The number of aliphatic imine (C=N–C) groups is 1. The SMILES string of the molecule is CN=C(NCCNC(=O)c1cccc(OC)c1)N1CC(C)(C)C1(C)C.I. The maximum Gasteiger partial charge on any atom is 0.251 e. The molecule has 0 aromatic heterocycles. The molecule has 1 aliphatic rings. The highest BCUT2D eigenvalue weighted by atomic mass is 127. The molecule has 0 spiro atoms. The Morgan fingerprint density at radius 1 is 1.23 bits per heavy atom. The number of benzene rings is 1. The molecule has 0 radical (unpaired) electrons. The minimum absolute atomic E-state index is 0. The average Bonchev–Trinajstić information content (AvgIpc) is 2.60. The number of amides is 1. The smallest absolute Gasteiger partial charge is 0.251 e. The molecule has 0 atom stereocenters. The van der Waals surface area contributed by atoms with Gasteiger partial charge in [-0.1, -0.05) is 19.9 Å². The minimum Gasteiger partial charge on any atom is -0.497 e. The summed E-state index contributed by atoms with van der Waals surface area (Å²) in [7, 11) is 3.38. The summed E-state index contributed by atoms with van der Waals surface area (Å²) >= 11 is 0. The standard InChI is InChI=1S/C19H30N4O2.HI/c1-18(2)13-23(19(18,3)4)17(20-5)22-11-10-21-16(24)14-8-7-9-15(12-14)25-6;/h7-9,12H,10-11,13H2,1-6H3,(H,20,22)(H,21,24);1H. The van der Waals surface area contributed by atoms with E-state index in [1.807, 2.05) is 12.1 Å². The molecule has 0 saturated carbocycles. The fourth-order valence-corrected chi connectivity index (χ4v) is 2.91. The van der Waals surface area contributed by atoms with Crippen LogP contribution in [-0.4, -0.2) is 56.1 Å². The quantitative estimate of drug-likeness (QED) is 0.298. The Balaban J connectivity index is 0.00000338. The van der Waals surface area contributed by atoms with Crippen molar-refractivity contribution in [3.8, 4) is 5.75 Å². The van der Waals surface area contributed by atoms with E-state index in [1.54, 1.807) is 26.3 Å². The van der Waals surface area contributed by atoms with Gasteiger partial charge in [-0.3, -0.25) is 9.79 Å². The van der Waals surface area contributed by atoms with Crippen molar-refractivity contribution < 1.29 is 9.53 Å². The number of rotatable bonds is 5. The molecule has 0 unspecified atom stereocenters. The summed E-state index contributed by atoms with van der Waals surface area (Å²) in [4.78, 5) is 18.8. The molecule has 7 heteroatoms. The van der Waals surface area contributed by atoms with E-state index in [9.17, 15) is 4.79 Å². The van der Waals surface area contributed by atoms with Crippen LogP contribution in [0.1, 0.15) is 38.1 Å². The summed E-state index contributed by atoms with van der Waals surface area (Å²) in [6.07, 6.45) is 0. The van der Waals surface area contributed by atoms with E-state index in [-0.39, 0.29) is 40.8 Å². The number of likely N-dealkylation sites (tertiary alicyclic amines) is 1. The van der Waals surface area contributed by atoms with Gasteiger partial charge in [-0.05, 0) is 32.0 Å². The third kappa shape index (κ3) is 4.61. The van der Waals surface area contributed by atoms with Crippen molar-refractivity contribution >= 4 is 35.8 Å². The Kier molecular flexibility index (Phi) is 7.73. The van der Waals surface area contributed by atoms with Crippen LogP contribution in [0, 0.1) is 5.41 Å². The van der Waals surface area contributed by atoms with Gasteiger partial charge in [-0.15, -0.1) is 24.0 Å². The van der Waals surface area contributed by atoms with Gasteiger partial charge in [0.2, 0.25) is 0 Å². The number of carbonyl (C=O) groups is 1. The van der Waals surface area contributed by atoms with Crippen LogP contribution >= 0.6 is 24.0 Å². The van der Waals surface area contributed by atoms with Gasteiger partial charge in [0.1, 0.15) is 5.75 Å². The number of nitrogens with one attached hydrogen (secondary N) is 2. The lowest BCUT2D eigenvalue weighted by Crippen LogP contribution is -2.72. The second kappa shape index (κ2) is 8.92. The van der Waals surface area contributed by atoms with Crippen LogP contribution in [-0.2, 0) is 0 Å². The third-order valence-electron chi connectivity index (χ3n) is 5.38. The predicted octanol–water partition coefficient (Wildman–Crippen LogP) is 2.74. The number of methoxy groups -OCH3 is 1. The van der Waals surface area contributed by atoms with Crippen molar-refractivity contribution in [1.29, 1.82) is 0 Å². The maximum atomic E-state index is 12.2. The van der Waals surface area contributed by atoms with Crippen molar-refractivity contribution in [2.45, 2.75) is 33.2 Å². The van der Waals surface area contributed by atoms with Crippen LogP contribution in [0.15, 0.2) is 29.3 Å². The van der Waals surface area contributed by atoms with Gasteiger partial charge in [-0.2, -0.15) is 0 Å². The van der Waals surface area contributed by atoms with Gasteiger partial charge >= 0.3 is 0 Å². The van der Waals surface area contributed by atoms with E-state index in [4.69, 9.17) is 4.74 Å². The van der Waals surface area contributed by atoms with E-state index in [1.165, 1.54) is 0 Å². The number of halogens is 1. The van der Waals surface area contributed by atoms with Crippen molar-refractivity contribution in [2.24, 2.45) is 10.4 Å². The molecular formula is C19H31IN4O2. The van der Waals surface area contributed by atoms with Gasteiger partial charge in [0, 0.05) is 43.2 Å². The molecule has 1 fully saturated rings. The highest BCUT2D eigenvalue weighted by Gasteiger charge is 2.53. The van der Waals surface area contributed by atoms with E-state index in [0.717, 1.165) is 12.5 Å². The first-order chi connectivity index (χ1) is 11.7. The van der Waals surface area contributed by atoms with E-state index in [0.29, 0.717) is 24.4 Å². The fourth-order valence-electron chi connectivity index (χ4n) is 2.91. The van der Waals surface area contributed by atoms with Gasteiger partial charge in [0.05, 0.1) is 7.11 Å². The van der Waals surface area contributed by atoms with Gasteiger partial charge in [0.25, 0.3) is 5.91 Å². The molecule has 2 N–H and O–H groups in total. The van der Waals surface area contributed by atoms with Crippen LogP contribution in [0.25, 0.3) is 0 Å². The molecule has 1 aromatic rings. The summed E-state index contributed by atoms with van der Waals surface area (Å²) in [5.74, 6) is 1.44. The second-order valence-electron chi connectivity index (χ2n) is 7.49. The second-order valence-corrected chi connectivity index (χ2v) is 7.49. The van der Waals surface area contributed by atoms with E-state index < -0.39 is 0 Å².